The van der Waals surface area contributed by atoms with Gasteiger partial charge in [0.1, 0.15) is 0 Å². The van der Waals surface area contributed by atoms with E-state index in [2.05, 4.69) is 31.4 Å². The van der Waals surface area contributed by atoms with E-state index in [9.17, 15) is 9.59 Å². The molecule has 0 unspecified atom stereocenters. The Hall–Kier alpha value is -1.49. The van der Waals surface area contributed by atoms with Crippen molar-refractivity contribution >= 4 is 29.0 Å². The zero-order valence-corrected chi connectivity index (χ0v) is 14.2. The largest absolute Gasteiger partial charge is 0.346 e. The van der Waals surface area contributed by atoms with Gasteiger partial charge in [0, 0.05) is 24.0 Å². The second-order valence-corrected chi connectivity index (χ2v) is 7.11. The molecule has 0 spiro atoms. The SMILES string of the molecule is CCCCN1C(=O)S/C(=C\c2cc(C)n(C3CC3)c2C)C1=O. The predicted molar refractivity (Wildman–Crippen MR) is 89.8 cm³/mol. The van der Waals surface area contributed by atoms with Crippen molar-refractivity contribution in [3.05, 3.63) is 27.9 Å². The quantitative estimate of drug-likeness (QED) is 0.761. The first-order valence-electron chi connectivity index (χ1n) is 7.96. The number of imide groups is 1. The van der Waals surface area contributed by atoms with E-state index in [0.29, 0.717) is 17.5 Å². The van der Waals surface area contributed by atoms with Crippen LogP contribution in [0.15, 0.2) is 11.0 Å². The summed E-state index contributed by atoms with van der Waals surface area (Å²) >= 11 is 1.06. The van der Waals surface area contributed by atoms with Crippen molar-refractivity contribution in [2.45, 2.75) is 52.5 Å². The summed E-state index contributed by atoms with van der Waals surface area (Å²) in [6, 6.07) is 2.75. The van der Waals surface area contributed by atoms with E-state index in [0.717, 1.165) is 30.2 Å². The lowest BCUT2D eigenvalue weighted by atomic mass is 10.2. The first-order chi connectivity index (χ1) is 10.5. The van der Waals surface area contributed by atoms with Gasteiger partial charge in [-0.1, -0.05) is 13.3 Å². The highest BCUT2D eigenvalue weighted by atomic mass is 32.2. The van der Waals surface area contributed by atoms with Crippen LogP contribution in [0, 0.1) is 13.8 Å². The molecule has 22 heavy (non-hydrogen) atoms. The Morgan fingerprint density at radius 1 is 1.32 bits per heavy atom. The van der Waals surface area contributed by atoms with Gasteiger partial charge in [-0.2, -0.15) is 0 Å². The van der Waals surface area contributed by atoms with E-state index in [1.165, 1.54) is 29.1 Å². The minimum Gasteiger partial charge on any atom is -0.346 e. The molecule has 0 N–H and O–H groups in total. The van der Waals surface area contributed by atoms with Gasteiger partial charge in [0.05, 0.1) is 4.91 Å². The molecule has 0 atom stereocenters. The number of amides is 2. The molecular weight excluding hydrogens is 296 g/mol. The smallest absolute Gasteiger partial charge is 0.293 e. The van der Waals surface area contributed by atoms with Gasteiger partial charge in [0.15, 0.2) is 0 Å². The molecule has 2 heterocycles. The molecule has 3 rings (SSSR count). The molecule has 0 radical (unpaired) electrons. The van der Waals surface area contributed by atoms with Crippen LogP contribution in [0.4, 0.5) is 4.79 Å². The molecule has 5 heteroatoms. The Morgan fingerprint density at radius 2 is 2.05 bits per heavy atom. The standard InChI is InChI=1S/C17H22N2O2S/c1-4-5-8-18-16(20)15(22-17(18)21)10-13-9-11(2)19(12(13)3)14-6-7-14/h9-10,14H,4-8H2,1-3H3/b15-10-. The molecule has 118 valence electrons. The summed E-state index contributed by atoms with van der Waals surface area (Å²) < 4.78 is 2.35. The Morgan fingerprint density at radius 3 is 2.68 bits per heavy atom. The summed E-state index contributed by atoms with van der Waals surface area (Å²) in [5, 5.41) is -0.138. The van der Waals surface area contributed by atoms with E-state index in [-0.39, 0.29) is 11.1 Å². The first kappa shape index (κ1) is 15.4. The van der Waals surface area contributed by atoms with E-state index in [1.54, 1.807) is 0 Å². The maximum absolute atomic E-state index is 12.4. The number of rotatable bonds is 5. The highest BCUT2D eigenvalue weighted by Crippen LogP contribution is 2.39. The average Bonchev–Trinajstić information content (AvgIpc) is 3.21. The molecule has 0 aromatic carbocycles. The number of unbranched alkanes of at least 4 members (excludes halogenated alkanes) is 1. The van der Waals surface area contributed by atoms with Crippen LogP contribution in [0.2, 0.25) is 0 Å². The monoisotopic (exact) mass is 318 g/mol. The lowest BCUT2D eigenvalue weighted by molar-refractivity contribution is -0.122. The van der Waals surface area contributed by atoms with Crippen LogP contribution >= 0.6 is 11.8 Å². The third-order valence-corrected chi connectivity index (χ3v) is 5.24. The van der Waals surface area contributed by atoms with E-state index in [4.69, 9.17) is 0 Å². The van der Waals surface area contributed by atoms with Crippen LogP contribution in [0.25, 0.3) is 6.08 Å². The topological polar surface area (TPSA) is 42.3 Å². The summed E-state index contributed by atoms with van der Waals surface area (Å²) in [7, 11) is 0. The van der Waals surface area contributed by atoms with Crippen molar-refractivity contribution < 1.29 is 9.59 Å². The van der Waals surface area contributed by atoms with Crippen molar-refractivity contribution in [1.82, 2.24) is 9.47 Å². The maximum atomic E-state index is 12.4. The Labute approximate surface area is 135 Å². The Balaban J connectivity index is 1.85. The van der Waals surface area contributed by atoms with Crippen molar-refractivity contribution in [3.8, 4) is 0 Å². The summed E-state index contributed by atoms with van der Waals surface area (Å²) in [6.45, 7) is 6.79. The molecule has 0 bridgehead atoms. The number of aryl methyl sites for hydroxylation is 1. The van der Waals surface area contributed by atoms with Gasteiger partial charge in [0.25, 0.3) is 11.1 Å². The molecule has 2 amide bonds. The predicted octanol–water partition coefficient (Wildman–Crippen LogP) is 4.28. The zero-order valence-electron chi connectivity index (χ0n) is 13.4. The van der Waals surface area contributed by atoms with Gasteiger partial charge in [-0.25, -0.2) is 0 Å². The first-order valence-corrected chi connectivity index (χ1v) is 8.78. The van der Waals surface area contributed by atoms with Crippen LogP contribution in [0.5, 0.6) is 0 Å². The number of hydrogen-bond acceptors (Lipinski definition) is 3. The summed E-state index contributed by atoms with van der Waals surface area (Å²) in [5.74, 6) is -0.139. The number of thioether (sulfide) groups is 1. The molecule has 2 fully saturated rings. The molecule has 1 saturated carbocycles. The number of aromatic nitrogens is 1. The third-order valence-electron chi connectivity index (χ3n) is 4.33. The highest BCUT2D eigenvalue weighted by Gasteiger charge is 2.35. The molecule has 1 aliphatic heterocycles. The van der Waals surface area contributed by atoms with E-state index < -0.39 is 0 Å². The normalized spacial score (nSPS) is 20.5. The van der Waals surface area contributed by atoms with Gasteiger partial charge in [-0.3, -0.25) is 14.5 Å². The minimum absolute atomic E-state index is 0.138. The number of carbonyl (C=O) groups excluding carboxylic acids is 2. The molecule has 2 aliphatic rings. The number of nitrogens with zero attached hydrogens (tertiary/aromatic N) is 2. The fourth-order valence-corrected chi connectivity index (χ4v) is 3.85. The zero-order chi connectivity index (χ0) is 15.9. The average molecular weight is 318 g/mol. The molecule has 1 aromatic rings. The van der Waals surface area contributed by atoms with Gasteiger partial charge >= 0.3 is 0 Å². The van der Waals surface area contributed by atoms with Crippen LogP contribution in [0.3, 0.4) is 0 Å². The van der Waals surface area contributed by atoms with Crippen molar-refractivity contribution in [1.29, 1.82) is 0 Å². The van der Waals surface area contributed by atoms with E-state index >= 15 is 0 Å². The molecule has 1 aliphatic carbocycles. The summed E-state index contributed by atoms with van der Waals surface area (Å²) in [4.78, 5) is 26.3. The van der Waals surface area contributed by atoms with Crippen LogP contribution in [-0.2, 0) is 4.79 Å². The lowest BCUT2D eigenvalue weighted by Gasteiger charge is -2.10. The highest BCUT2D eigenvalue weighted by molar-refractivity contribution is 8.18. The van der Waals surface area contributed by atoms with Crippen LogP contribution in [0.1, 0.15) is 55.6 Å². The summed E-state index contributed by atoms with van der Waals surface area (Å²) in [6.07, 6.45) is 6.20. The van der Waals surface area contributed by atoms with Crippen molar-refractivity contribution in [3.63, 3.8) is 0 Å². The van der Waals surface area contributed by atoms with Gasteiger partial charge in [-0.05, 0) is 62.6 Å². The van der Waals surface area contributed by atoms with Gasteiger partial charge in [0.2, 0.25) is 0 Å². The molecule has 1 saturated heterocycles. The fourth-order valence-electron chi connectivity index (χ4n) is 2.99. The fraction of sp³-hybridized carbons (Fsp3) is 0.529. The molecule has 4 nitrogen and oxygen atoms in total. The Kier molecular flexibility index (Phi) is 4.17. The van der Waals surface area contributed by atoms with Gasteiger partial charge in [-0.15, -0.1) is 0 Å². The van der Waals surface area contributed by atoms with E-state index in [1.807, 2.05) is 6.08 Å². The minimum atomic E-state index is -0.139. The second-order valence-electron chi connectivity index (χ2n) is 6.11. The number of hydrogen-bond donors (Lipinski definition) is 0. The van der Waals surface area contributed by atoms with Crippen LogP contribution in [-0.4, -0.2) is 27.2 Å². The third kappa shape index (κ3) is 2.74. The van der Waals surface area contributed by atoms with Crippen molar-refractivity contribution in [2.24, 2.45) is 0 Å². The Bertz CT molecular complexity index is 656. The van der Waals surface area contributed by atoms with Crippen molar-refractivity contribution in [2.75, 3.05) is 6.54 Å². The summed E-state index contributed by atoms with van der Waals surface area (Å²) in [5.41, 5.74) is 3.49. The molecule has 1 aromatic heterocycles. The number of carbonyl (C=O) groups is 2. The van der Waals surface area contributed by atoms with Crippen LogP contribution < -0.4 is 0 Å². The second kappa shape index (κ2) is 5.95. The lowest BCUT2D eigenvalue weighted by Crippen LogP contribution is -2.29. The van der Waals surface area contributed by atoms with Gasteiger partial charge < -0.3 is 4.57 Å². The molecular formula is C17H22N2O2S. The maximum Gasteiger partial charge on any atom is 0.293 e.